The first-order valence-electron chi connectivity index (χ1n) is 4.82. The molecule has 2 aromatic rings. The first-order chi connectivity index (χ1) is 8.06. The number of rotatable bonds is 4. The fourth-order valence-corrected chi connectivity index (χ4v) is 2.65. The second-order valence-electron chi connectivity index (χ2n) is 3.39. The van der Waals surface area contributed by atoms with E-state index in [-0.39, 0.29) is 11.7 Å². The molecule has 6 nitrogen and oxygen atoms in total. The topological polar surface area (TPSA) is 88.0 Å². The maximum Gasteiger partial charge on any atom is 0.355 e. The molecule has 0 saturated carbocycles. The Kier molecular flexibility index (Phi) is 3.34. The zero-order chi connectivity index (χ0) is 12.4. The Morgan fingerprint density at radius 1 is 1.53 bits per heavy atom. The average molecular weight is 270 g/mol. The zero-order valence-corrected chi connectivity index (χ0v) is 10.8. The summed E-state index contributed by atoms with van der Waals surface area (Å²) in [5, 5.41) is 14.9. The fraction of sp³-hybridized carbons (Fsp3) is 0.333. The highest BCUT2D eigenvalue weighted by Gasteiger charge is 2.14. The lowest BCUT2D eigenvalue weighted by Gasteiger charge is -2.08. The molecule has 0 aliphatic carbocycles. The minimum Gasteiger partial charge on any atom is -0.476 e. The summed E-state index contributed by atoms with van der Waals surface area (Å²) in [4.78, 5) is 18.9. The van der Waals surface area contributed by atoms with Gasteiger partial charge in [-0.3, -0.25) is 0 Å². The standard InChI is InChI=1S/C9H10N4O2S2/c1-4(10-9-11-5(2)13-17-9)7-12-6(3-16-7)8(14)15/h3-4H,1-2H3,(H,14,15)(H,10,11,13). The van der Waals surface area contributed by atoms with Gasteiger partial charge in [0.2, 0.25) is 5.13 Å². The maximum absolute atomic E-state index is 10.7. The Hall–Kier alpha value is -1.54. The number of carboxylic acid groups (broad SMARTS) is 1. The largest absolute Gasteiger partial charge is 0.476 e. The average Bonchev–Trinajstić information content (AvgIpc) is 2.86. The van der Waals surface area contributed by atoms with Crippen LogP contribution in [0.2, 0.25) is 0 Å². The molecule has 1 atom stereocenters. The van der Waals surface area contributed by atoms with Crippen LogP contribution in [0.4, 0.5) is 5.13 Å². The van der Waals surface area contributed by atoms with E-state index >= 15 is 0 Å². The highest BCUT2D eigenvalue weighted by molar-refractivity contribution is 7.10. The Morgan fingerprint density at radius 3 is 2.82 bits per heavy atom. The Morgan fingerprint density at radius 2 is 2.29 bits per heavy atom. The SMILES string of the molecule is Cc1nsc(NC(C)c2nc(C(=O)O)cs2)n1. The number of aromatic carboxylic acids is 1. The van der Waals surface area contributed by atoms with Crippen molar-refractivity contribution in [3.8, 4) is 0 Å². The van der Waals surface area contributed by atoms with Gasteiger partial charge in [-0.2, -0.15) is 4.37 Å². The van der Waals surface area contributed by atoms with Crippen molar-refractivity contribution in [2.45, 2.75) is 19.9 Å². The molecule has 1 unspecified atom stereocenters. The first kappa shape index (κ1) is 11.9. The van der Waals surface area contributed by atoms with Crippen LogP contribution < -0.4 is 5.32 Å². The van der Waals surface area contributed by atoms with Gasteiger partial charge in [-0.25, -0.2) is 14.8 Å². The van der Waals surface area contributed by atoms with Gasteiger partial charge in [0.25, 0.3) is 0 Å². The second kappa shape index (κ2) is 4.76. The molecule has 2 rings (SSSR count). The van der Waals surface area contributed by atoms with Crippen molar-refractivity contribution in [2.75, 3.05) is 5.32 Å². The molecular formula is C9H10N4O2S2. The number of anilines is 1. The van der Waals surface area contributed by atoms with Gasteiger partial charge in [0.1, 0.15) is 10.8 Å². The summed E-state index contributed by atoms with van der Waals surface area (Å²) in [7, 11) is 0. The molecular weight excluding hydrogens is 260 g/mol. The number of hydrogen-bond acceptors (Lipinski definition) is 7. The van der Waals surface area contributed by atoms with Crippen LogP contribution in [0.3, 0.4) is 0 Å². The minimum atomic E-state index is -1.01. The minimum absolute atomic E-state index is 0.0760. The summed E-state index contributed by atoms with van der Waals surface area (Å²) >= 11 is 2.59. The number of nitrogens with zero attached hydrogens (tertiary/aromatic N) is 3. The molecule has 0 saturated heterocycles. The molecule has 0 radical (unpaired) electrons. The van der Waals surface area contributed by atoms with E-state index in [0.29, 0.717) is 5.13 Å². The molecule has 0 bridgehead atoms. The third-order valence-electron chi connectivity index (χ3n) is 1.98. The Bertz CT molecular complexity index is 537. The summed E-state index contributed by atoms with van der Waals surface area (Å²) < 4.78 is 4.05. The molecule has 8 heteroatoms. The van der Waals surface area contributed by atoms with Crippen molar-refractivity contribution in [3.63, 3.8) is 0 Å². The quantitative estimate of drug-likeness (QED) is 0.885. The molecule has 2 aromatic heterocycles. The van der Waals surface area contributed by atoms with E-state index in [2.05, 4.69) is 19.7 Å². The van der Waals surface area contributed by atoms with Gasteiger partial charge in [0.15, 0.2) is 5.69 Å². The van der Waals surface area contributed by atoms with Crippen LogP contribution in [-0.2, 0) is 0 Å². The fourth-order valence-electron chi connectivity index (χ4n) is 1.19. The van der Waals surface area contributed by atoms with Crippen LogP contribution >= 0.6 is 22.9 Å². The van der Waals surface area contributed by atoms with Crippen molar-refractivity contribution in [1.82, 2.24) is 14.3 Å². The van der Waals surface area contributed by atoms with Gasteiger partial charge in [-0.05, 0) is 13.8 Å². The van der Waals surface area contributed by atoms with E-state index in [9.17, 15) is 4.79 Å². The second-order valence-corrected chi connectivity index (χ2v) is 5.03. The van der Waals surface area contributed by atoms with Crippen molar-refractivity contribution in [1.29, 1.82) is 0 Å². The van der Waals surface area contributed by atoms with Crippen LogP contribution in [0.25, 0.3) is 0 Å². The van der Waals surface area contributed by atoms with E-state index in [1.54, 1.807) is 0 Å². The predicted octanol–water partition coefficient (Wildman–Crippen LogP) is 2.17. The van der Waals surface area contributed by atoms with E-state index < -0.39 is 5.97 Å². The van der Waals surface area contributed by atoms with Gasteiger partial charge in [-0.15, -0.1) is 11.3 Å². The van der Waals surface area contributed by atoms with Gasteiger partial charge < -0.3 is 10.4 Å². The normalized spacial score (nSPS) is 12.4. The molecule has 2 heterocycles. The smallest absolute Gasteiger partial charge is 0.355 e. The number of carbonyl (C=O) groups is 1. The summed E-state index contributed by atoms with van der Waals surface area (Å²) in [5.41, 5.74) is 0.0760. The van der Waals surface area contributed by atoms with Gasteiger partial charge >= 0.3 is 5.97 Å². The van der Waals surface area contributed by atoms with E-state index in [1.165, 1.54) is 28.2 Å². The molecule has 0 amide bonds. The van der Waals surface area contributed by atoms with E-state index in [0.717, 1.165) is 10.8 Å². The third-order valence-corrected chi connectivity index (χ3v) is 3.74. The molecule has 0 aromatic carbocycles. The monoisotopic (exact) mass is 270 g/mol. The number of aromatic nitrogens is 3. The first-order valence-corrected chi connectivity index (χ1v) is 6.47. The summed E-state index contributed by atoms with van der Waals surface area (Å²) in [5.74, 6) is -0.290. The lowest BCUT2D eigenvalue weighted by molar-refractivity contribution is 0.0691. The number of nitrogens with one attached hydrogen (secondary N) is 1. The number of aryl methyl sites for hydroxylation is 1. The van der Waals surface area contributed by atoms with E-state index in [4.69, 9.17) is 5.11 Å². The van der Waals surface area contributed by atoms with Crippen LogP contribution in [-0.4, -0.2) is 25.4 Å². The van der Waals surface area contributed by atoms with Crippen LogP contribution in [0.5, 0.6) is 0 Å². The van der Waals surface area contributed by atoms with Crippen LogP contribution in [0.1, 0.15) is 34.3 Å². The van der Waals surface area contributed by atoms with Gasteiger partial charge in [-0.1, -0.05) is 0 Å². The zero-order valence-electron chi connectivity index (χ0n) is 9.17. The molecule has 2 N–H and O–H groups in total. The van der Waals surface area contributed by atoms with E-state index in [1.807, 2.05) is 13.8 Å². The Balaban J connectivity index is 2.08. The number of hydrogen-bond donors (Lipinski definition) is 2. The molecule has 0 aliphatic rings. The summed E-state index contributed by atoms with van der Waals surface area (Å²) in [6, 6.07) is -0.0829. The lowest BCUT2D eigenvalue weighted by Crippen LogP contribution is -2.07. The predicted molar refractivity (Wildman–Crippen MR) is 65.8 cm³/mol. The lowest BCUT2D eigenvalue weighted by atomic mass is 10.3. The van der Waals surface area contributed by atoms with Crippen LogP contribution in [0.15, 0.2) is 5.38 Å². The van der Waals surface area contributed by atoms with Crippen LogP contribution in [0, 0.1) is 6.92 Å². The molecule has 0 aliphatic heterocycles. The molecule has 17 heavy (non-hydrogen) atoms. The molecule has 0 fully saturated rings. The van der Waals surface area contributed by atoms with Crippen molar-refractivity contribution in [2.24, 2.45) is 0 Å². The van der Waals surface area contributed by atoms with Crippen molar-refractivity contribution < 1.29 is 9.90 Å². The van der Waals surface area contributed by atoms with Gasteiger partial charge in [0.05, 0.1) is 6.04 Å². The molecule has 0 spiro atoms. The number of carboxylic acids is 1. The Labute approximate surface area is 106 Å². The third kappa shape index (κ3) is 2.77. The number of thiazole rings is 1. The van der Waals surface area contributed by atoms with Gasteiger partial charge in [0, 0.05) is 16.9 Å². The summed E-state index contributed by atoms with van der Waals surface area (Å²) in [6.45, 7) is 3.72. The van der Waals surface area contributed by atoms with Crippen molar-refractivity contribution in [3.05, 3.63) is 21.9 Å². The molecule has 90 valence electrons. The highest BCUT2D eigenvalue weighted by Crippen LogP contribution is 2.23. The highest BCUT2D eigenvalue weighted by atomic mass is 32.1. The maximum atomic E-state index is 10.7. The van der Waals surface area contributed by atoms with Crippen molar-refractivity contribution >= 4 is 34.0 Å². The summed E-state index contributed by atoms with van der Waals surface area (Å²) in [6.07, 6.45) is 0.